The maximum atomic E-state index is 12.7. The van der Waals surface area contributed by atoms with Gasteiger partial charge < -0.3 is 5.11 Å². The molecule has 3 rings (SSSR count). The van der Waals surface area contributed by atoms with Crippen molar-refractivity contribution in [1.82, 2.24) is 0 Å². The van der Waals surface area contributed by atoms with Crippen LogP contribution in [0.25, 0.3) is 21.2 Å². The second-order valence-electron chi connectivity index (χ2n) is 4.86. The van der Waals surface area contributed by atoms with Gasteiger partial charge in [0, 0.05) is 15.6 Å². The van der Waals surface area contributed by atoms with E-state index in [0.717, 1.165) is 27.3 Å². The molecule has 0 aliphatic heterocycles. The zero-order valence-electron chi connectivity index (χ0n) is 11.0. The van der Waals surface area contributed by atoms with Crippen LogP contribution in [0.4, 0.5) is 13.2 Å². The fourth-order valence-corrected chi connectivity index (χ4v) is 3.36. The first-order chi connectivity index (χ1) is 9.86. The number of thiophene rings is 1. The van der Waals surface area contributed by atoms with E-state index in [4.69, 9.17) is 0 Å². The average molecular weight is 308 g/mol. The highest BCUT2D eigenvalue weighted by Gasteiger charge is 2.30. The van der Waals surface area contributed by atoms with Crippen LogP contribution in [0.15, 0.2) is 41.8 Å². The lowest BCUT2D eigenvalue weighted by molar-refractivity contribution is -0.137. The Labute approximate surface area is 123 Å². The number of rotatable bonds is 1. The van der Waals surface area contributed by atoms with Crippen LogP contribution < -0.4 is 0 Å². The highest BCUT2D eigenvalue weighted by atomic mass is 32.1. The lowest BCUT2D eigenvalue weighted by atomic mass is 9.98. The van der Waals surface area contributed by atoms with E-state index in [1.807, 2.05) is 5.38 Å². The van der Waals surface area contributed by atoms with Crippen LogP contribution in [0, 0.1) is 6.92 Å². The van der Waals surface area contributed by atoms with Gasteiger partial charge in [0.15, 0.2) is 0 Å². The van der Waals surface area contributed by atoms with Crippen LogP contribution in [-0.2, 0) is 6.18 Å². The van der Waals surface area contributed by atoms with Crippen LogP contribution >= 0.6 is 11.3 Å². The number of phenolic OH excluding ortho intramolecular Hbond substituents is 1. The second kappa shape index (κ2) is 4.77. The van der Waals surface area contributed by atoms with Gasteiger partial charge in [-0.25, -0.2) is 0 Å². The summed E-state index contributed by atoms with van der Waals surface area (Å²) in [6.45, 7) is 1.68. The Hall–Kier alpha value is -2.01. The van der Waals surface area contributed by atoms with Gasteiger partial charge >= 0.3 is 6.18 Å². The quantitative estimate of drug-likeness (QED) is 0.620. The Kier molecular flexibility index (Phi) is 3.17. The summed E-state index contributed by atoms with van der Waals surface area (Å²) in [5.41, 5.74) is 1.61. The molecule has 1 aromatic heterocycles. The normalized spacial score (nSPS) is 12.0. The molecule has 5 heteroatoms. The van der Waals surface area contributed by atoms with Crippen molar-refractivity contribution in [1.29, 1.82) is 0 Å². The molecular formula is C16H11F3OS. The molecule has 1 nitrogen and oxygen atoms in total. The molecule has 3 aromatic rings. The van der Waals surface area contributed by atoms with E-state index in [2.05, 4.69) is 0 Å². The van der Waals surface area contributed by atoms with Crippen molar-refractivity contribution < 1.29 is 18.3 Å². The molecule has 0 radical (unpaired) electrons. The molecule has 21 heavy (non-hydrogen) atoms. The van der Waals surface area contributed by atoms with E-state index in [9.17, 15) is 18.3 Å². The van der Waals surface area contributed by atoms with E-state index >= 15 is 0 Å². The van der Waals surface area contributed by atoms with Crippen molar-refractivity contribution in [3.05, 3.63) is 52.9 Å². The summed E-state index contributed by atoms with van der Waals surface area (Å²) >= 11 is 1.46. The summed E-state index contributed by atoms with van der Waals surface area (Å²) in [6.07, 6.45) is -4.33. The predicted molar refractivity (Wildman–Crippen MR) is 78.7 cm³/mol. The summed E-state index contributed by atoms with van der Waals surface area (Å²) in [4.78, 5) is 0. The Morgan fingerprint density at radius 1 is 1.00 bits per heavy atom. The molecule has 0 aliphatic carbocycles. The van der Waals surface area contributed by atoms with Crippen LogP contribution in [-0.4, -0.2) is 5.11 Å². The Bertz CT molecular complexity index is 818. The number of hydrogen-bond acceptors (Lipinski definition) is 2. The molecule has 0 saturated heterocycles. The van der Waals surface area contributed by atoms with Crippen molar-refractivity contribution in [2.45, 2.75) is 13.1 Å². The maximum Gasteiger partial charge on any atom is 0.416 e. The van der Waals surface area contributed by atoms with Gasteiger partial charge in [0.1, 0.15) is 5.75 Å². The Morgan fingerprint density at radius 3 is 2.43 bits per heavy atom. The zero-order chi connectivity index (χ0) is 15.2. The van der Waals surface area contributed by atoms with Crippen LogP contribution in [0.2, 0.25) is 0 Å². The molecule has 1 N–H and O–H groups in total. The fourth-order valence-electron chi connectivity index (χ4n) is 2.37. The summed E-state index contributed by atoms with van der Waals surface area (Å²) < 4.78 is 39.0. The first-order valence-corrected chi connectivity index (χ1v) is 7.12. The number of alkyl halides is 3. The zero-order valence-corrected chi connectivity index (χ0v) is 11.8. The highest BCUT2D eigenvalue weighted by molar-refractivity contribution is 7.17. The molecule has 2 aromatic carbocycles. The third-order valence-corrected chi connectivity index (χ3v) is 4.35. The molecule has 0 saturated carbocycles. The second-order valence-corrected chi connectivity index (χ2v) is 5.77. The topological polar surface area (TPSA) is 20.2 Å². The standard InChI is InChI=1S/C16H11F3OS/c1-9-6-10(16(17,18)19)2-4-12(9)14-8-21-15-7-11(20)3-5-13(14)15/h2-8,20H,1H3. The number of hydrogen-bond donors (Lipinski definition) is 1. The lowest BCUT2D eigenvalue weighted by Gasteiger charge is -2.10. The molecule has 0 aliphatic rings. The van der Waals surface area contributed by atoms with Crippen molar-refractivity contribution in [2.75, 3.05) is 0 Å². The van der Waals surface area contributed by atoms with Crippen LogP contribution in [0.1, 0.15) is 11.1 Å². The van der Waals surface area contributed by atoms with Crippen LogP contribution in [0.3, 0.4) is 0 Å². The molecule has 108 valence electrons. The molecule has 0 spiro atoms. The number of fused-ring (bicyclic) bond motifs is 1. The summed E-state index contributed by atoms with van der Waals surface area (Å²) in [7, 11) is 0. The predicted octanol–water partition coefficient (Wildman–Crippen LogP) is 5.60. The molecule has 0 bridgehead atoms. The minimum Gasteiger partial charge on any atom is -0.508 e. The maximum absolute atomic E-state index is 12.7. The molecule has 0 amide bonds. The number of halogens is 3. The SMILES string of the molecule is Cc1cc(C(F)(F)F)ccc1-c1csc2cc(O)ccc12. The Balaban J connectivity index is 2.15. The van der Waals surface area contributed by atoms with E-state index in [1.54, 1.807) is 25.1 Å². The summed E-state index contributed by atoms with van der Waals surface area (Å²) in [5.74, 6) is 0.181. The number of aromatic hydroxyl groups is 1. The number of phenols is 1. The lowest BCUT2D eigenvalue weighted by Crippen LogP contribution is -2.05. The minimum absolute atomic E-state index is 0.181. The first-order valence-electron chi connectivity index (χ1n) is 6.25. The minimum atomic E-state index is -4.33. The molecule has 0 unspecified atom stereocenters. The van der Waals surface area contributed by atoms with Crippen molar-refractivity contribution in [3.63, 3.8) is 0 Å². The van der Waals surface area contributed by atoms with E-state index in [-0.39, 0.29) is 5.75 Å². The molecular weight excluding hydrogens is 297 g/mol. The number of aryl methyl sites for hydroxylation is 1. The van der Waals surface area contributed by atoms with Gasteiger partial charge in [-0.15, -0.1) is 11.3 Å². The molecule has 0 atom stereocenters. The van der Waals surface area contributed by atoms with Crippen molar-refractivity contribution >= 4 is 21.4 Å². The van der Waals surface area contributed by atoms with Gasteiger partial charge in [-0.1, -0.05) is 6.07 Å². The van der Waals surface area contributed by atoms with E-state index in [1.165, 1.54) is 23.5 Å². The third kappa shape index (κ3) is 2.49. The van der Waals surface area contributed by atoms with Gasteiger partial charge in [-0.05, 0) is 53.8 Å². The molecule has 0 fully saturated rings. The van der Waals surface area contributed by atoms with Gasteiger partial charge in [0.05, 0.1) is 5.56 Å². The monoisotopic (exact) mass is 308 g/mol. The smallest absolute Gasteiger partial charge is 0.416 e. The largest absolute Gasteiger partial charge is 0.508 e. The highest BCUT2D eigenvalue weighted by Crippen LogP contribution is 2.39. The first kappa shape index (κ1) is 13.9. The van der Waals surface area contributed by atoms with Gasteiger partial charge in [0.2, 0.25) is 0 Å². The van der Waals surface area contributed by atoms with Crippen LogP contribution in [0.5, 0.6) is 5.75 Å². The number of benzene rings is 2. The van der Waals surface area contributed by atoms with Gasteiger partial charge in [-0.2, -0.15) is 13.2 Å². The summed E-state index contributed by atoms with van der Waals surface area (Å²) in [6, 6.07) is 8.80. The third-order valence-electron chi connectivity index (χ3n) is 3.40. The summed E-state index contributed by atoms with van der Waals surface area (Å²) in [5, 5.41) is 12.3. The average Bonchev–Trinajstić information content (AvgIpc) is 2.80. The Morgan fingerprint density at radius 2 is 1.76 bits per heavy atom. The van der Waals surface area contributed by atoms with E-state index in [0.29, 0.717) is 5.56 Å². The fraction of sp³-hybridized carbons (Fsp3) is 0.125. The van der Waals surface area contributed by atoms with Crippen molar-refractivity contribution in [3.8, 4) is 16.9 Å². The van der Waals surface area contributed by atoms with Crippen molar-refractivity contribution in [2.24, 2.45) is 0 Å². The van der Waals surface area contributed by atoms with E-state index < -0.39 is 11.7 Å². The van der Waals surface area contributed by atoms with Gasteiger partial charge in [0.25, 0.3) is 0 Å². The molecule has 1 heterocycles. The van der Waals surface area contributed by atoms with Gasteiger partial charge in [-0.3, -0.25) is 0 Å².